The molecule has 0 saturated carbocycles. The number of aliphatic hydroxyl groups excluding tert-OH is 3. The van der Waals surface area contributed by atoms with Crippen molar-refractivity contribution in [2.24, 2.45) is 0 Å². The number of esters is 1. The number of hydrogen-bond acceptors (Lipinski definition) is 6. The monoisotopic (exact) mass is 770 g/mol. The summed E-state index contributed by atoms with van der Waals surface area (Å²) in [6.07, 6.45) is 39.8. The predicted molar refractivity (Wildman–Crippen MR) is 215 cm³/mol. The van der Waals surface area contributed by atoms with Crippen molar-refractivity contribution >= 4 is 5.97 Å². The van der Waals surface area contributed by atoms with Gasteiger partial charge in [0, 0.05) is 25.0 Å². The molecule has 0 bridgehead atoms. The lowest BCUT2D eigenvalue weighted by Gasteiger charge is -2.20. The fourth-order valence-electron chi connectivity index (χ4n) is 7.02. The zero-order chi connectivity index (χ0) is 37.7. The van der Waals surface area contributed by atoms with Crippen molar-refractivity contribution in [1.82, 2.24) is 0 Å². The van der Waals surface area contributed by atoms with Gasteiger partial charge >= 0.3 is 5.97 Å². The zero-order valence-corrected chi connectivity index (χ0v) is 35.2. The van der Waals surface area contributed by atoms with Crippen molar-refractivity contribution < 1.29 is 46.6 Å². The van der Waals surface area contributed by atoms with E-state index in [-0.39, 0.29) is 31.6 Å². The summed E-state index contributed by atoms with van der Waals surface area (Å²) in [6.45, 7) is 5.50. The van der Waals surface area contributed by atoms with Gasteiger partial charge in [0.1, 0.15) is 37.6 Å². The molecule has 1 aromatic heterocycles. The third-order valence-electron chi connectivity index (χ3n) is 10.5. The van der Waals surface area contributed by atoms with Crippen molar-refractivity contribution in [2.45, 2.75) is 237 Å². The highest BCUT2D eigenvalue weighted by Crippen LogP contribution is 2.19. The fraction of sp³-hybridized carbons (Fsp3) is 0.867. The number of rotatable bonds is 34. The SMILES string of the molecule is CCCCCCCCCCCCCCCCCC(=O)OC[C@@H](O)[C@H]1OC[C@H](O)[C@H]1O.CCCCCCCCCCCCCCCC[n+]1ccccc1.[Cl-]. The first-order valence-corrected chi connectivity index (χ1v) is 22.2. The number of carbonyl (C=O) groups is 1. The molecule has 2 rings (SSSR count). The molecule has 3 N–H and O–H groups in total. The van der Waals surface area contributed by atoms with E-state index in [0.29, 0.717) is 6.42 Å². The number of ether oxygens (including phenoxy) is 2. The van der Waals surface area contributed by atoms with Crippen LogP contribution in [0.5, 0.6) is 0 Å². The Morgan fingerprint density at radius 2 is 1.00 bits per heavy atom. The van der Waals surface area contributed by atoms with Crippen LogP contribution in [0, 0.1) is 0 Å². The molecule has 8 heteroatoms. The zero-order valence-electron chi connectivity index (χ0n) is 34.4. The molecule has 7 nitrogen and oxygen atoms in total. The van der Waals surface area contributed by atoms with Gasteiger partial charge in [-0.25, -0.2) is 4.57 Å². The van der Waals surface area contributed by atoms with Gasteiger partial charge in [-0.05, 0) is 12.8 Å². The van der Waals surface area contributed by atoms with Gasteiger partial charge in [0.2, 0.25) is 0 Å². The molecule has 2 heterocycles. The number of unbranched alkanes of at least 4 members (excludes halogenated alkanes) is 27. The summed E-state index contributed by atoms with van der Waals surface area (Å²) in [5.74, 6) is -0.336. The molecule has 0 aliphatic carbocycles. The normalized spacial score (nSPS) is 17.2. The summed E-state index contributed by atoms with van der Waals surface area (Å²) in [5, 5.41) is 29.0. The lowest BCUT2D eigenvalue weighted by Crippen LogP contribution is -3.00. The second-order valence-corrected chi connectivity index (χ2v) is 15.5. The molecular weight excluding hydrogens is 686 g/mol. The number of aliphatic hydroxyl groups is 3. The van der Waals surface area contributed by atoms with Gasteiger partial charge in [0.15, 0.2) is 12.4 Å². The van der Waals surface area contributed by atoms with Gasteiger partial charge in [-0.1, -0.05) is 187 Å². The average molecular weight is 771 g/mol. The van der Waals surface area contributed by atoms with Crippen LogP contribution in [0.15, 0.2) is 30.6 Å². The summed E-state index contributed by atoms with van der Waals surface area (Å²) in [7, 11) is 0. The Kier molecular flexibility index (Phi) is 38.1. The number of carbonyl (C=O) groups excluding carboxylic acids is 1. The van der Waals surface area contributed by atoms with E-state index in [1.165, 1.54) is 173 Å². The minimum absolute atomic E-state index is 0. The van der Waals surface area contributed by atoms with E-state index in [9.17, 15) is 20.1 Å². The third-order valence-corrected chi connectivity index (χ3v) is 10.5. The van der Waals surface area contributed by atoms with Gasteiger partial charge in [-0.15, -0.1) is 0 Å². The molecule has 1 aliphatic heterocycles. The number of pyridine rings is 1. The second kappa shape index (κ2) is 39.0. The van der Waals surface area contributed by atoms with Crippen LogP contribution >= 0.6 is 0 Å². The molecule has 312 valence electrons. The molecule has 0 aromatic carbocycles. The highest BCUT2D eigenvalue weighted by Gasteiger charge is 2.39. The largest absolute Gasteiger partial charge is 1.00 e. The van der Waals surface area contributed by atoms with Crippen molar-refractivity contribution in [3.63, 3.8) is 0 Å². The Morgan fingerprint density at radius 1 is 0.623 bits per heavy atom. The Balaban J connectivity index is 0.00000105. The molecule has 0 amide bonds. The van der Waals surface area contributed by atoms with Gasteiger partial charge in [0.05, 0.1) is 6.61 Å². The summed E-state index contributed by atoms with van der Waals surface area (Å²) < 4.78 is 12.5. The minimum Gasteiger partial charge on any atom is -1.00 e. The number of aryl methyl sites for hydroxylation is 1. The Hall–Kier alpha value is -1.25. The van der Waals surface area contributed by atoms with Crippen molar-refractivity contribution in [3.8, 4) is 0 Å². The fourth-order valence-corrected chi connectivity index (χ4v) is 7.02. The van der Waals surface area contributed by atoms with Crippen molar-refractivity contribution in [3.05, 3.63) is 30.6 Å². The van der Waals surface area contributed by atoms with E-state index in [1.807, 2.05) is 0 Å². The Morgan fingerprint density at radius 3 is 1.38 bits per heavy atom. The van der Waals surface area contributed by atoms with Gasteiger partial charge in [0.25, 0.3) is 0 Å². The smallest absolute Gasteiger partial charge is 0.305 e. The first-order valence-electron chi connectivity index (χ1n) is 22.2. The van der Waals surface area contributed by atoms with Crippen molar-refractivity contribution in [2.75, 3.05) is 13.2 Å². The molecule has 1 aliphatic rings. The van der Waals surface area contributed by atoms with Crippen LogP contribution in [0.3, 0.4) is 0 Å². The maximum Gasteiger partial charge on any atom is 0.305 e. The van der Waals surface area contributed by atoms with Crippen LogP contribution in [0.4, 0.5) is 0 Å². The lowest BCUT2D eigenvalue weighted by molar-refractivity contribution is -0.697. The van der Waals surface area contributed by atoms with Gasteiger partial charge < -0.3 is 37.2 Å². The number of hydrogen-bond donors (Lipinski definition) is 3. The highest BCUT2D eigenvalue weighted by atomic mass is 35.5. The van der Waals surface area contributed by atoms with E-state index in [0.717, 1.165) is 19.3 Å². The maximum absolute atomic E-state index is 11.8. The Bertz CT molecular complexity index is 893. The van der Waals surface area contributed by atoms with Crippen LogP contribution < -0.4 is 17.0 Å². The van der Waals surface area contributed by atoms with Gasteiger partial charge in [-0.3, -0.25) is 4.79 Å². The van der Waals surface area contributed by atoms with E-state index in [4.69, 9.17) is 9.47 Å². The van der Waals surface area contributed by atoms with Gasteiger partial charge in [-0.2, -0.15) is 0 Å². The second-order valence-electron chi connectivity index (χ2n) is 15.5. The first-order chi connectivity index (χ1) is 25.5. The molecule has 4 atom stereocenters. The summed E-state index contributed by atoms with van der Waals surface area (Å²) in [6, 6.07) is 6.31. The van der Waals surface area contributed by atoms with Crippen LogP contribution in [-0.2, 0) is 20.8 Å². The molecule has 1 saturated heterocycles. The van der Waals surface area contributed by atoms with E-state index >= 15 is 0 Å². The average Bonchev–Trinajstić information content (AvgIpc) is 3.50. The van der Waals surface area contributed by atoms with Crippen LogP contribution in [-0.4, -0.2) is 58.9 Å². The lowest BCUT2D eigenvalue weighted by atomic mass is 10.0. The maximum atomic E-state index is 11.8. The molecule has 0 spiro atoms. The number of nitrogens with zero attached hydrogens (tertiary/aromatic N) is 1. The minimum atomic E-state index is -1.14. The van der Waals surface area contributed by atoms with Crippen LogP contribution in [0.2, 0.25) is 0 Å². The van der Waals surface area contributed by atoms with E-state index < -0.39 is 24.4 Å². The standard InChI is InChI=1S/C24H46O6.C21H38N.ClH/c1-2-3-4-5-6-7-8-9-10-11-12-13-14-15-16-17-22(27)29-19-21(26)24-23(28)20(25)18-30-24;1-2-3-4-5-6-7-8-9-10-11-12-13-14-16-19-22-20-17-15-18-21-22;/h20-21,23-26,28H,2-19H2,1H3;15,17-18,20-21H,2-14,16,19H2,1H3;1H/q;+1;/p-1/t20-,21+,23+,24+;;/m0../s1. The van der Waals surface area contributed by atoms with Crippen LogP contribution in [0.1, 0.15) is 206 Å². The molecule has 53 heavy (non-hydrogen) atoms. The quantitative estimate of drug-likeness (QED) is 0.0377. The third kappa shape index (κ3) is 31.6. The van der Waals surface area contributed by atoms with E-state index in [1.54, 1.807) is 0 Å². The Labute approximate surface area is 332 Å². The van der Waals surface area contributed by atoms with E-state index in [2.05, 4.69) is 49.0 Å². The molecular formula is C45H84ClNO6. The topological polar surface area (TPSA) is 100 Å². The predicted octanol–water partition coefficient (Wildman–Crippen LogP) is 7.73. The first kappa shape index (κ1) is 51.8. The number of halogens is 1. The van der Waals surface area contributed by atoms with Crippen LogP contribution in [0.25, 0.3) is 0 Å². The summed E-state index contributed by atoms with van der Waals surface area (Å²) in [4.78, 5) is 11.8. The summed E-state index contributed by atoms with van der Waals surface area (Å²) >= 11 is 0. The van der Waals surface area contributed by atoms with Crippen molar-refractivity contribution in [1.29, 1.82) is 0 Å². The molecule has 0 radical (unpaired) electrons. The summed E-state index contributed by atoms with van der Waals surface area (Å²) in [5.41, 5.74) is 0. The molecule has 1 fully saturated rings. The highest BCUT2D eigenvalue weighted by molar-refractivity contribution is 5.69. The number of aromatic nitrogens is 1. The molecule has 0 unspecified atom stereocenters. The molecule has 1 aromatic rings.